The zero-order chi connectivity index (χ0) is 18.6. The van der Waals surface area contributed by atoms with Gasteiger partial charge >= 0.3 is 0 Å². The SMILES string of the molecule is O=C(NCCn1nc(-c2ccccc2)ccc1=O)C1NNC2CCOCC21. The van der Waals surface area contributed by atoms with Crippen LogP contribution in [0.25, 0.3) is 11.3 Å². The lowest BCUT2D eigenvalue weighted by molar-refractivity contribution is -0.124. The largest absolute Gasteiger partial charge is 0.381 e. The van der Waals surface area contributed by atoms with Crippen molar-refractivity contribution in [1.82, 2.24) is 25.9 Å². The van der Waals surface area contributed by atoms with Gasteiger partial charge in [0.15, 0.2) is 0 Å². The van der Waals surface area contributed by atoms with Crippen molar-refractivity contribution >= 4 is 5.91 Å². The molecule has 0 radical (unpaired) electrons. The van der Waals surface area contributed by atoms with E-state index in [9.17, 15) is 9.59 Å². The highest BCUT2D eigenvalue weighted by Crippen LogP contribution is 2.22. The van der Waals surface area contributed by atoms with Crippen molar-refractivity contribution in [3.05, 3.63) is 52.8 Å². The molecular formula is C19H23N5O3. The predicted octanol–water partition coefficient (Wildman–Crippen LogP) is -0.0920. The molecule has 2 aromatic rings. The lowest BCUT2D eigenvalue weighted by Gasteiger charge is -2.26. The molecule has 1 amide bonds. The minimum absolute atomic E-state index is 0.0900. The number of nitrogens with zero attached hydrogens (tertiary/aromatic N) is 2. The molecule has 8 nitrogen and oxygen atoms in total. The quantitative estimate of drug-likeness (QED) is 0.682. The minimum Gasteiger partial charge on any atom is -0.381 e. The van der Waals surface area contributed by atoms with Crippen molar-refractivity contribution in [3.63, 3.8) is 0 Å². The average Bonchev–Trinajstić information content (AvgIpc) is 3.14. The Morgan fingerprint density at radius 3 is 2.93 bits per heavy atom. The van der Waals surface area contributed by atoms with E-state index < -0.39 is 0 Å². The number of aromatic nitrogens is 2. The van der Waals surface area contributed by atoms with E-state index in [1.165, 1.54) is 10.7 Å². The van der Waals surface area contributed by atoms with Crippen LogP contribution in [-0.4, -0.2) is 47.5 Å². The third-order valence-corrected chi connectivity index (χ3v) is 5.09. The number of hydrogen-bond donors (Lipinski definition) is 3. The maximum Gasteiger partial charge on any atom is 0.266 e. The molecule has 142 valence electrons. The maximum atomic E-state index is 12.5. The molecule has 0 bridgehead atoms. The topological polar surface area (TPSA) is 97.3 Å². The highest BCUT2D eigenvalue weighted by molar-refractivity contribution is 5.82. The standard InChI is InChI=1S/C19H23N5O3/c25-17-7-6-15(13-4-2-1-3-5-13)23-24(17)10-9-20-19(26)18-14-12-27-11-8-16(14)21-22-18/h1-7,14,16,18,21-22H,8-12H2,(H,20,26). The number of nitrogens with one attached hydrogen (secondary N) is 3. The Morgan fingerprint density at radius 2 is 2.07 bits per heavy atom. The van der Waals surface area contributed by atoms with Crippen molar-refractivity contribution in [3.8, 4) is 11.3 Å². The van der Waals surface area contributed by atoms with E-state index in [-0.39, 0.29) is 29.5 Å². The van der Waals surface area contributed by atoms with Crippen molar-refractivity contribution in [2.24, 2.45) is 5.92 Å². The monoisotopic (exact) mass is 369 g/mol. The van der Waals surface area contributed by atoms with Gasteiger partial charge in [-0.05, 0) is 12.5 Å². The van der Waals surface area contributed by atoms with E-state index in [0.29, 0.717) is 19.7 Å². The van der Waals surface area contributed by atoms with E-state index in [2.05, 4.69) is 21.3 Å². The predicted molar refractivity (Wildman–Crippen MR) is 99.7 cm³/mol. The maximum absolute atomic E-state index is 12.5. The van der Waals surface area contributed by atoms with Gasteiger partial charge in [0.1, 0.15) is 6.04 Å². The van der Waals surface area contributed by atoms with E-state index in [0.717, 1.165) is 24.3 Å². The fraction of sp³-hybridized carbons (Fsp3) is 0.421. The zero-order valence-electron chi connectivity index (χ0n) is 14.9. The number of carbonyl (C=O) groups excluding carboxylic acids is 1. The van der Waals surface area contributed by atoms with Crippen LogP contribution in [0.4, 0.5) is 0 Å². The Morgan fingerprint density at radius 1 is 1.22 bits per heavy atom. The van der Waals surface area contributed by atoms with Crippen molar-refractivity contribution in [2.75, 3.05) is 19.8 Å². The molecule has 4 rings (SSSR count). The van der Waals surface area contributed by atoms with Crippen LogP contribution >= 0.6 is 0 Å². The summed E-state index contributed by atoms with van der Waals surface area (Å²) in [4.78, 5) is 24.6. The molecule has 1 aromatic heterocycles. The molecule has 0 aliphatic carbocycles. The van der Waals surface area contributed by atoms with E-state index in [1.807, 2.05) is 30.3 Å². The van der Waals surface area contributed by atoms with Crippen molar-refractivity contribution in [1.29, 1.82) is 0 Å². The van der Waals surface area contributed by atoms with Crippen LogP contribution in [0.15, 0.2) is 47.3 Å². The summed E-state index contributed by atoms with van der Waals surface area (Å²) < 4.78 is 6.88. The number of rotatable bonds is 5. The first-order valence-electron chi connectivity index (χ1n) is 9.22. The Labute approximate surface area is 156 Å². The minimum atomic E-state index is -0.323. The summed E-state index contributed by atoms with van der Waals surface area (Å²) in [5, 5.41) is 7.30. The van der Waals surface area contributed by atoms with Gasteiger partial charge in [-0.3, -0.25) is 15.0 Å². The molecule has 8 heteroatoms. The second-order valence-corrected chi connectivity index (χ2v) is 6.84. The summed E-state index contributed by atoms with van der Waals surface area (Å²) in [6.07, 6.45) is 0.896. The molecule has 3 atom stereocenters. The fourth-order valence-corrected chi connectivity index (χ4v) is 3.60. The number of carbonyl (C=O) groups is 1. The van der Waals surface area contributed by atoms with Gasteiger partial charge in [-0.15, -0.1) is 0 Å². The first-order chi connectivity index (χ1) is 13.2. The molecule has 3 unspecified atom stereocenters. The second-order valence-electron chi connectivity index (χ2n) is 6.84. The molecule has 0 spiro atoms. The van der Waals surface area contributed by atoms with Crippen LogP contribution in [0.5, 0.6) is 0 Å². The molecule has 1 aromatic carbocycles. The molecule has 2 aliphatic heterocycles. The number of hydrogen-bond acceptors (Lipinski definition) is 6. The van der Waals surface area contributed by atoms with Gasteiger partial charge in [0, 0.05) is 36.7 Å². The van der Waals surface area contributed by atoms with E-state index >= 15 is 0 Å². The summed E-state index contributed by atoms with van der Waals surface area (Å²) in [6, 6.07) is 12.8. The number of fused-ring (bicyclic) bond motifs is 1. The lowest BCUT2D eigenvalue weighted by Crippen LogP contribution is -2.48. The molecule has 2 saturated heterocycles. The fourth-order valence-electron chi connectivity index (χ4n) is 3.60. The number of benzene rings is 1. The second kappa shape index (κ2) is 7.99. The van der Waals surface area contributed by atoms with Gasteiger partial charge in [-0.2, -0.15) is 5.10 Å². The van der Waals surface area contributed by atoms with Gasteiger partial charge in [0.05, 0.1) is 18.8 Å². The van der Waals surface area contributed by atoms with Gasteiger partial charge in [0.25, 0.3) is 5.56 Å². The number of hydrazine groups is 1. The summed E-state index contributed by atoms with van der Waals surface area (Å²) in [6.45, 7) is 1.94. The lowest BCUT2D eigenvalue weighted by atomic mass is 9.91. The van der Waals surface area contributed by atoms with Gasteiger partial charge < -0.3 is 10.1 Å². The number of amides is 1. The molecule has 2 aliphatic rings. The Balaban J connectivity index is 1.36. The van der Waals surface area contributed by atoms with Crippen molar-refractivity contribution in [2.45, 2.75) is 25.0 Å². The van der Waals surface area contributed by atoms with Crippen LogP contribution in [-0.2, 0) is 16.1 Å². The average molecular weight is 369 g/mol. The third-order valence-electron chi connectivity index (χ3n) is 5.09. The smallest absolute Gasteiger partial charge is 0.266 e. The van der Waals surface area contributed by atoms with Crippen LogP contribution in [0.3, 0.4) is 0 Å². The summed E-state index contributed by atoms with van der Waals surface area (Å²) in [7, 11) is 0. The van der Waals surface area contributed by atoms with Crippen LogP contribution < -0.4 is 21.7 Å². The first-order valence-corrected chi connectivity index (χ1v) is 9.22. The third kappa shape index (κ3) is 3.92. The van der Waals surface area contributed by atoms with Crippen molar-refractivity contribution < 1.29 is 9.53 Å². The molecular weight excluding hydrogens is 346 g/mol. The van der Waals surface area contributed by atoms with Crippen LogP contribution in [0.1, 0.15) is 6.42 Å². The molecule has 3 heterocycles. The van der Waals surface area contributed by atoms with Gasteiger partial charge in [-0.25, -0.2) is 10.1 Å². The number of ether oxygens (including phenoxy) is 1. The highest BCUT2D eigenvalue weighted by atomic mass is 16.5. The Kier molecular flexibility index (Phi) is 5.28. The normalized spacial score (nSPS) is 24.4. The first kappa shape index (κ1) is 17.8. The highest BCUT2D eigenvalue weighted by Gasteiger charge is 2.41. The summed E-state index contributed by atoms with van der Waals surface area (Å²) in [5.74, 6) is 0.0359. The van der Waals surface area contributed by atoms with Crippen LogP contribution in [0, 0.1) is 5.92 Å². The van der Waals surface area contributed by atoms with Gasteiger partial charge in [-0.1, -0.05) is 30.3 Å². The summed E-state index contributed by atoms with van der Waals surface area (Å²) in [5.41, 5.74) is 7.72. The zero-order valence-corrected chi connectivity index (χ0v) is 14.9. The molecule has 3 N–H and O–H groups in total. The van der Waals surface area contributed by atoms with E-state index in [1.54, 1.807) is 6.07 Å². The summed E-state index contributed by atoms with van der Waals surface area (Å²) >= 11 is 0. The van der Waals surface area contributed by atoms with Gasteiger partial charge in [0.2, 0.25) is 5.91 Å². The Hall–Kier alpha value is -2.55. The molecule has 27 heavy (non-hydrogen) atoms. The molecule has 2 fully saturated rings. The van der Waals surface area contributed by atoms with Crippen LogP contribution in [0.2, 0.25) is 0 Å². The molecule has 0 saturated carbocycles. The van der Waals surface area contributed by atoms with E-state index in [4.69, 9.17) is 4.74 Å². The Bertz CT molecular complexity index is 854.